The smallest absolute Gasteiger partial charge is 0.233 e. The van der Waals surface area contributed by atoms with Gasteiger partial charge in [-0.05, 0) is 60.6 Å². The summed E-state index contributed by atoms with van der Waals surface area (Å²) in [6.45, 7) is 9.62. The van der Waals surface area contributed by atoms with Crippen molar-refractivity contribution in [3.63, 3.8) is 0 Å². The van der Waals surface area contributed by atoms with E-state index in [1.807, 2.05) is 17.6 Å². The van der Waals surface area contributed by atoms with Crippen LogP contribution in [-0.2, 0) is 0 Å². The van der Waals surface area contributed by atoms with Gasteiger partial charge in [0.05, 0.1) is 15.7 Å². The number of piperazine rings is 1. The predicted octanol–water partition coefficient (Wildman–Crippen LogP) is 4.14. The standard InChI is InChI=1S/C25H34N8S/c1-25(2)17-5-4-16(19(25)12-17)14-32(3)23-29-22(30-24(31-23)33-10-8-26-9-11-33)28-18-6-7-20-21(13-18)34-15-27-20/h6-7,13,15-17,19,26H,4-5,8-12,14H2,1-3H3,(H,28,29,30,31). The first-order chi connectivity index (χ1) is 16.5. The minimum atomic E-state index is 0.483. The van der Waals surface area contributed by atoms with Crippen LogP contribution >= 0.6 is 11.3 Å². The zero-order valence-corrected chi connectivity index (χ0v) is 21.1. The molecule has 4 aliphatic rings. The highest BCUT2D eigenvalue weighted by atomic mass is 32.1. The average molecular weight is 479 g/mol. The van der Waals surface area contributed by atoms with Crippen LogP contribution in [0.1, 0.15) is 33.1 Å². The van der Waals surface area contributed by atoms with Crippen molar-refractivity contribution in [2.24, 2.45) is 23.2 Å². The molecule has 3 unspecified atom stereocenters. The van der Waals surface area contributed by atoms with Gasteiger partial charge in [0.1, 0.15) is 0 Å². The van der Waals surface area contributed by atoms with Crippen LogP contribution in [0.2, 0.25) is 0 Å². The molecule has 2 bridgehead atoms. The van der Waals surface area contributed by atoms with Crippen molar-refractivity contribution < 1.29 is 0 Å². The lowest BCUT2D eigenvalue weighted by Crippen LogP contribution is -2.54. The number of benzene rings is 1. The highest BCUT2D eigenvalue weighted by Gasteiger charge is 2.54. The van der Waals surface area contributed by atoms with Gasteiger partial charge in [-0.25, -0.2) is 4.98 Å². The Balaban J connectivity index is 1.27. The van der Waals surface area contributed by atoms with Gasteiger partial charge in [0, 0.05) is 45.5 Å². The molecule has 0 spiro atoms. The largest absolute Gasteiger partial charge is 0.343 e. The molecule has 3 aliphatic carbocycles. The van der Waals surface area contributed by atoms with Crippen LogP contribution < -0.4 is 20.4 Å². The molecule has 9 heteroatoms. The van der Waals surface area contributed by atoms with Gasteiger partial charge in [0.2, 0.25) is 17.8 Å². The number of fused-ring (bicyclic) bond motifs is 3. The monoisotopic (exact) mass is 478 g/mol. The van der Waals surface area contributed by atoms with E-state index in [0.717, 1.165) is 72.4 Å². The molecule has 34 heavy (non-hydrogen) atoms. The van der Waals surface area contributed by atoms with Crippen LogP contribution in [-0.4, -0.2) is 59.7 Å². The number of hydrogen-bond donors (Lipinski definition) is 2. The number of nitrogens with one attached hydrogen (secondary N) is 2. The highest BCUT2D eigenvalue weighted by Crippen LogP contribution is 2.61. The van der Waals surface area contributed by atoms with Gasteiger partial charge in [0.25, 0.3) is 0 Å². The lowest BCUT2D eigenvalue weighted by molar-refractivity contribution is -0.102. The maximum Gasteiger partial charge on any atom is 0.233 e. The topological polar surface area (TPSA) is 82.1 Å². The molecule has 4 fully saturated rings. The van der Waals surface area contributed by atoms with Gasteiger partial charge < -0.3 is 20.4 Å². The molecule has 3 saturated carbocycles. The first-order valence-corrected chi connectivity index (χ1v) is 13.4. The van der Waals surface area contributed by atoms with Crippen molar-refractivity contribution in [2.75, 3.05) is 54.9 Å². The van der Waals surface area contributed by atoms with E-state index in [9.17, 15) is 0 Å². The molecule has 7 rings (SSSR count). The van der Waals surface area contributed by atoms with E-state index < -0.39 is 0 Å². The van der Waals surface area contributed by atoms with E-state index in [1.165, 1.54) is 19.3 Å². The van der Waals surface area contributed by atoms with Crippen molar-refractivity contribution in [1.82, 2.24) is 25.3 Å². The van der Waals surface area contributed by atoms with Gasteiger partial charge >= 0.3 is 0 Å². The molecule has 3 aromatic rings. The molecule has 1 saturated heterocycles. The van der Waals surface area contributed by atoms with Crippen molar-refractivity contribution in [3.8, 4) is 0 Å². The zero-order chi connectivity index (χ0) is 23.3. The van der Waals surface area contributed by atoms with E-state index >= 15 is 0 Å². The first kappa shape index (κ1) is 22.0. The normalized spacial score (nSPS) is 25.7. The summed E-state index contributed by atoms with van der Waals surface area (Å²) in [5.74, 6) is 4.54. The van der Waals surface area contributed by atoms with Crippen LogP contribution in [0, 0.1) is 23.2 Å². The van der Waals surface area contributed by atoms with E-state index in [2.05, 4.69) is 52.4 Å². The molecular weight excluding hydrogens is 444 g/mol. The van der Waals surface area contributed by atoms with Crippen LogP contribution in [0.15, 0.2) is 23.7 Å². The molecule has 0 amide bonds. The van der Waals surface area contributed by atoms with Crippen LogP contribution in [0.5, 0.6) is 0 Å². The van der Waals surface area contributed by atoms with Crippen LogP contribution in [0.4, 0.5) is 23.5 Å². The Hall–Kier alpha value is -2.52. The fraction of sp³-hybridized carbons (Fsp3) is 0.600. The number of rotatable bonds is 6. The molecule has 3 atom stereocenters. The summed E-state index contributed by atoms with van der Waals surface area (Å²) in [6, 6.07) is 6.19. The summed E-state index contributed by atoms with van der Waals surface area (Å²) < 4.78 is 1.15. The van der Waals surface area contributed by atoms with E-state index in [4.69, 9.17) is 15.0 Å². The molecule has 180 valence electrons. The third-order valence-electron chi connectivity index (χ3n) is 8.45. The minimum Gasteiger partial charge on any atom is -0.343 e. The minimum absolute atomic E-state index is 0.483. The van der Waals surface area contributed by atoms with Crippen LogP contribution in [0.25, 0.3) is 10.2 Å². The van der Waals surface area contributed by atoms with E-state index in [-0.39, 0.29) is 0 Å². The molecule has 2 aromatic heterocycles. The maximum absolute atomic E-state index is 4.93. The second-order valence-electron chi connectivity index (χ2n) is 10.7. The Morgan fingerprint density at radius 2 is 2.03 bits per heavy atom. The average Bonchev–Trinajstić information content (AvgIpc) is 3.32. The van der Waals surface area contributed by atoms with Gasteiger partial charge in [-0.3, -0.25) is 0 Å². The fourth-order valence-corrected chi connectivity index (χ4v) is 6.98. The third-order valence-corrected chi connectivity index (χ3v) is 9.24. The molecule has 8 nitrogen and oxygen atoms in total. The maximum atomic E-state index is 4.93. The summed E-state index contributed by atoms with van der Waals surface area (Å²) in [7, 11) is 2.14. The summed E-state index contributed by atoms with van der Waals surface area (Å²) >= 11 is 1.64. The highest BCUT2D eigenvalue weighted by molar-refractivity contribution is 7.16. The molecule has 1 aromatic carbocycles. The molecular formula is C25H34N8S. The number of anilines is 4. The molecule has 2 N–H and O–H groups in total. The molecule has 1 aliphatic heterocycles. The van der Waals surface area contributed by atoms with Crippen molar-refractivity contribution in [1.29, 1.82) is 0 Å². The Labute approximate surface area is 205 Å². The lowest BCUT2D eigenvalue weighted by Gasteiger charge is -2.60. The lowest BCUT2D eigenvalue weighted by atomic mass is 9.45. The van der Waals surface area contributed by atoms with Gasteiger partial charge in [0.15, 0.2) is 0 Å². The Bertz CT molecular complexity index is 1170. The summed E-state index contributed by atoms with van der Waals surface area (Å²) in [5, 5.41) is 6.86. The Morgan fingerprint density at radius 1 is 1.18 bits per heavy atom. The second kappa shape index (κ2) is 8.61. The van der Waals surface area contributed by atoms with Crippen molar-refractivity contribution >= 4 is 45.1 Å². The molecule has 0 radical (unpaired) electrons. The predicted molar refractivity (Wildman–Crippen MR) is 139 cm³/mol. The second-order valence-corrected chi connectivity index (χ2v) is 11.6. The summed E-state index contributed by atoms with van der Waals surface area (Å²) in [6.07, 6.45) is 4.07. The summed E-state index contributed by atoms with van der Waals surface area (Å²) in [5.41, 5.74) is 4.35. The van der Waals surface area contributed by atoms with Gasteiger partial charge in [-0.15, -0.1) is 11.3 Å². The van der Waals surface area contributed by atoms with Gasteiger partial charge in [-0.1, -0.05) is 13.8 Å². The molecule has 3 heterocycles. The van der Waals surface area contributed by atoms with Gasteiger partial charge in [-0.2, -0.15) is 15.0 Å². The third kappa shape index (κ3) is 3.98. The quantitative estimate of drug-likeness (QED) is 0.547. The van der Waals surface area contributed by atoms with Crippen molar-refractivity contribution in [3.05, 3.63) is 23.7 Å². The first-order valence-electron chi connectivity index (χ1n) is 12.5. The van der Waals surface area contributed by atoms with E-state index in [1.54, 1.807) is 11.3 Å². The fourth-order valence-electron chi connectivity index (χ4n) is 6.26. The summed E-state index contributed by atoms with van der Waals surface area (Å²) in [4.78, 5) is 23.5. The zero-order valence-electron chi connectivity index (χ0n) is 20.3. The van der Waals surface area contributed by atoms with Crippen molar-refractivity contribution in [2.45, 2.75) is 33.1 Å². The van der Waals surface area contributed by atoms with E-state index in [0.29, 0.717) is 17.3 Å². The number of aromatic nitrogens is 4. The SMILES string of the molecule is CN(CC1CCC2CC1C2(C)C)c1nc(Nc2ccc3ncsc3c2)nc(N2CCNCC2)n1. The van der Waals surface area contributed by atoms with Crippen LogP contribution in [0.3, 0.4) is 0 Å². The Kier molecular flexibility index (Phi) is 5.56. The number of thiazole rings is 1. The number of hydrogen-bond acceptors (Lipinski definition) is 9. The Morgan fingerprint density at radius 3 is 2.82 bits per heavy atom. The number of nitrogens with zero attached hydrogens (tertiary/aromatic N) is 6.